The Hall–Kier alpha value is -2.62. The van der Waals surface area contributed by atoms with E-state index in [4.69, 9.17) is 4.42 Å². The van der Waals surface area contributed by atoms with Crippen LogP contribution in [0, 0.1) is 0 Å². The van der Waals surface area contributed by atoms with Gasteiger partial charge in [0.1, 0.15) is 5.52 Å². The maximum absolute atomic E-state index is 11.9. The highest BCUT2D eigenvalue weighted by molar-refractivity contribution is 6.04. The highest BCUT2D eigenvalue weighted by Crippen LogP contribution is 2.18. The standard InChI is InChI=1S/C14H10N2O2/c17-14(10-4-2-1-3-5-10)16-11-6-7-13-12(8-11)15-9-18-13/h1-9H,(H,16,17). The summed E-state index contributed by atoms with van der Waals surface area (Å²) in [6, 6.07) is 14.4. The van der Waals surface area contributed by atoms with Crippen LogP contribution in [0.3, 0.4) is 0 Å². The lowest BCUT2D eigenvalue weighted by Crippen LogP contribution is -2.11. The normalized spacial score (nSPS) is 10.4. The zero-order chi connectivity index (χ0) is 12.4. The Morgan fingerprint density at radius 3 is 2.78 bits per heavy atom. The first-order valence-corrected chi connectivity index (χ1v) is 5.52. The lowest BCUT2D eigenvalue weighted by molar-refractivity contribution is 0.102. The van der Waals surface area contributed by atoms with Gasteiger partial charge in [0.05, 0.1) is 0 Å². The summed E-state index contributed by atoms with van der Waals surface area (Å²) >= 11 is 0. The Kier molecular flexibility index (Phi) is 2.53. The second kappa shape index (κ2) is 4.33. The topological polar surface area (TPSA) is 55.1 Å². The minimum atomic E-state index is -0.140. The molecule has 1 N–H and O–H groups in total. The van der Waals surface area contributed by atoms with E-state index in [1.165, 1.54) is 6.39 Å². The Labute approximate surface area is 103 Å². The molecular formula is C14H10N2O2. The van der Waals surface area contributed by atoms with Gasteiger partial charge in [-0.25, -0.2) is 4.98 Å². The van der Waals surface area contributed by atoms with Crippen molar-refractivity contribution in [1.82, 2.24) is 4.98 Å². The van der Waals surface area contributed by atoms with E-state index in [1.807, 2.05) is 18.2 Å². The molecule has 0 aliphatic heterocycles. The van der Waals surface area contributed by atoms with Crippen LogP contribution in [0.15, 0.2) is 59.3 Å². The maximum Gasteiger partial charge on any atom is 0.255 e. The second-order valence-electron chi connectivity index (χ2n) is 3.86. The lowest BCUT2D eigenvalue weighted by Gasteiger charge is -2.04. The molecule has 2 aromatic carbocycles. The van der Waals surface area contributed by atoms with Crippen LogP contribution in [0.1, 0.15) is 10.4 Å². The van der Waals surface area contributed by atoms with Crippen LogP contribution in [0.4, 0.5) is 5.69 Å². The van der Waals surface area contributed by atoms with Crippen molar-refractivity contribution in [3.63, 3.8) is 0 Å². The number of carbonyl (C=O) groups excluding carboxylic acids is 1. The van der Waals surface area contributed by atoms with Gasteiger partial charge in [-0.1, -0.05) is 18.2 Å². The molecule has 18 heavy (non-hydrogen) atoms. The van der Waals surface area contributed by atoms with Gasteiger partial charge in [0.15, 0.2) is 12.0 Å². The summed E-state index contributed by atoms with van der Waals surface area (Å²) in [5, 5.41) is 2.82. The maximum atomic E-state index is 11.9. The van der Waals surface area contributed by atoms with E-state index in [2.05, 4.69) is 10.3 Å². The van der Waals surface area contributed by atoms with Crippen molar-refractivity contribution < 1.29 is 9.21 Å². The molecule has 0 radical (unpaired) electrons. The van der Waals surface area contributed by atoms with Crippen LogP contribution in [-0.4, -0.2) is 10.9 Å². The first-order valence-electron chi connectivity index (χ1n) is 5.52. The van der Waals surface area contributed by atoms with Gasteiger partial charge in [-0.2, -0.15) is 0 Å². The van der Waals surface area contributed by atoms with E-state index in [-0.39, 0.29) is 5.91 Å². The summed E-state index contributed by atoms with van der Waals surface area (Å²) in [5.41, 5.74) is 2.75. The minimum Gasteiger partial charge on any atom is -0.443 e. The molecule has 0 atom stereocenters. The van der Waals surface area contributed by atoms with E-state index in [9.17, 15) is 4.79 Å². The molecule has 0 aliphatic rings. The van der Waals surface area contributed by atoms with Crippen LogP contribution in [0.5, 0.6) is 0 Å². The molecule has 4 nitrogen and oxygen atoms in total. The fraction of sp³-hybridized carbons (Fsp3) is 0. The number of hydrogen-bond donors (Lipinski definition) is 1. The van der Waals surface area contributed by atoms with Crippen LogP contribution in [-0.2, 0) is 0 Å². The summed E-state index contributed by atoms with van der Waals surface area (Å²) in [7, 11) is 0. The molecule has 1 heterocycles. The molecule has 3 rings (SSSR count). The Morgan fingerprint density at radius 2 is 1.94 bits per heavy atom. The number of oxazole rings is 1. The van der Waals surface area contributed by atoms with Crippen molar-refractivity contribution in [2.75, 3.05) is 5.32 Å². The predicted molar refractivity (Wildman–Crippen MR) is 68.4 cm³/mol. The fourth-order valence-electron chi connectivity index (χ4n) is 1.73. The quantitative estimate of drug-likeness (QED) is 0.746. The number of carbonyl (C=O) groups is 1. The minimum absolute atomic E-state index is 0.140. The molecule has 0 unspecified atom stereocenters. The van der Waals surface area contributed by atoms with E-state index in [1.54, 1.807) is 30.3 Å². The van der Waals surface area contributed by atoms with Gasteiger partial charge in [-0.15, -0.1) is 0 Å². The van der Waals surface area contributed by atoms with Gasteiger partial charge in [0, 0.05) is 11.3 Å². The largest absolute Gasteiger partial charge is 0.443 e. The molecule has 0 saturated heterocycles. The molecule has 0 saturated carbocycles. The zero-order valence-corrected chi connectivity index (χ0v) is 9.46. The number of nitrogens with zero attached hydrogens (tertiary/aromatic N) is 1. The number of nitrogens with one attached hydrogen (secondary N) is 1. The SMILES string of the molecule is O=C(Nc1ccc2ocnc2c1)c1ccccc1. The van der Waals surface area contributed by atoms with Crippen LogP contribution in [0.25, 0.3) is 11.1 Å². The first-order chi connectivity index (χ1) is 8.83. The molecule has 1 aromatic heterocycles. The number of fused-ring (bicyclic) bond motifs is 1. The van der Waals surface area contributed by atoms with Crippen molar-refractivity contribution in [1.29, 1.82) is 0 Å². The third-order valence-corrected chi connectivity index (χ3v) is 2.62. The third kappa shape index (κ3) is 1.96. The molecule has 0 bridgehead atoms. The molecular weight excluding hydrogens is 228 g/mol. The van der Waals surface area contributed by atoms with E-state index in [0.29, 0.717) is 16.8 Å². The number of amides is 1. The molecule has 0 aliphatic carbocycles. The number of hydrogen-bond acceptors (Lipinski definition) is 3. The highest BCUT2D eigenvalue weighted by atomic mass is 16.3. The van der Waals surface area contributed by atoms with Gasteiger partial charge in [0.25, 0.3) is 5.91 Å². The van der Waals surface area contributed by atoms with Crippen molar-refractivity contribution in [2.45, 2.75) is 0 Å². The molecule has 4 heteroatoms. The zero-order valence-electron chi connectivity index (χ0n) is 9.46. The van der Waals surface area contributed by atoms with Gasteiger partial charge in [-0.3, -0.25) is 4.79 Å². The van der Waals surface area contributed by atoms with Gasteiger partial charge in [-0.05, 0) is 30.3 Å². The number of benzene rings is 2. The van der Waals surface area contributed by atoms with E-state index in [0.717, 1.165) is 5.52 Å². The van der Waals surface area contributed by atoms with Crippen molar-refractivity contribution in [2.24, 2.45) is 0 Å². The average Bonchev–Trinajstić information content (AvgIpc) is 2.87. The number of aromatic nitrogens is 1. The molecule has 0 spiro atoms. The summed E-state index contributed by atoms with van der Waals surface area (Å²) in [4.78, 5) is 16.0. The van der Waals surface area contributed by atoms with Gasteiger partial charge >= 0.3 is 0 Å². The van der Waals surface area contributed by atoms with Crippen LogP contribution >= 0.6 is 0 Å². The highest BCUT2D eigenvalue weighted by Gasteiger charge is 2.06. The van der Waals surface area contributed by atoms with Crippen molar-refractivity contribution in [3.8, 4) is 0 Å². The van der Waals surface area contributed by atoms with Crippen molar-refractivity contribution >= 4 is 22.7 Å². The monoisotopic (exact) mass is 238 g/mol. The smallest absolute Gasteiger partial charge is 0.255 e. The van der Waals surface area contributed by atoms with E-state index < -0.39 is 0 Å². The van der Waals surface area contributed by atoms with Gasteiger partial charge in [0.2, 0.25) is 0 Å². The van der Waals surface area contributed by atoms with E-state index >= 15 is 0 Å². The molecule has 1 amide bonds. The Balaban J connectivity index is 1.86. The Bertz CT molecular complexity index is 689. The number of rotatable bonds is 2. The summed E-state index contributed by atoms with van der Waals surface area (Å²) < 4.78 is 5.14. The second-order valence-corrected chi connectivity index (χ2v) is 3.86. The van der Waals surface area contributed by atoms with Crippen LogP contribution < -0.4 is 5.32 Å². The number of anilines is 1. The van der Waals surface area contributed by atoms with Crippen molar-refractivity contribution in [3.05, 3.63) is 60.5 Å². The summed E-state index contributed by atoms with van der Waals surface area (Å²) in [6.07, 6.45) is 1.38. The fourth-order valence-corrected chi connectivity index (χ4v) is 1.73. The average molecular weight is 238 g/mol. The first kappa shape index (κ1) is 10.5. The van der Waals surface area contributed by atoms with Crippen LogP contribution in [0.2, 0.25) is 0 Å². The molecule has 0 fully saturated rings. The molecule has 88 valence electrons. The summed E-state index contributed by atoms with van der Waals surface area (Å²) in [5.74, 6) is -0.140. The Morgan fingerprint density at radius 1 is 1.11 bits per heavy atom. The lowest BCUT2D eigenvalue weighted by atomic mass is 10.2. The predicted octanol–water partition coefficient (Wildman–Crippen LogP) is 3.08. The third-order valence-electron chi connectivity index (χ3n) is 2.62. The van der Waals surface area contributed by atoms with Gasteiger partial charge < -0.3 is 9.73 Å². The summed E-state index contributed by atoms with van der Waals surface area (Å²) in [6.45, 7) is 0. The molecule has 3 aromatic rings.